The van der Waals surface area contributed by atoms with Crippen molar-refractivity contribution >= 4 is 46.6 Å². The molecule has 1 aliphatic heterocycles. The van der Waals surface area contributed by atoms with Crippen LogP contribution < -0.4 is 21.1 Å². The van der Waals surface area contributed by atoms with Gasteiger partial charge in [0.15, 0.2) is 7.28 Å². The molecule has 43 heavy (non-hydrogen) atoms. The summed E-state index contributed by atoms with van der Waals surface area (Å²) in [5, 5.41) is 3.83. The average molecular weight is 552 g/mol. The summed E-state index contributed by atoms with van der Waals surface area (Å²) in [5.74, 6) is 0. The molecule has 2 aliphatic rings. The molecule has 1 aliphatic carbocycles. The van der Waals surface area contributed by atoms with Gasteiger partial charge in [0.25, 0.3) is 0 Å². The molecule has 1 heterocycles. The van der Waals surface area contributed by atoms with Gasteiger partial charge in [-0.3, -0.25) is 0 Å². The Bertz CT molecular complexity index is 2010. The zero-order chi connectivity index (χ0) is 29.1. The van der Waals surface area contributed by atoms with E-state index in [1.807, 2.05) is 0 Å². The van der Waals surface area contributed by atoms with Gasteiger partial charge in [-0.15, -0.1) is 0 Å². The van der Waals surface area contributed by atoms with Gasteiger partial charge in [-0.25, -0.2) is 0 Å². The highest BCUT2D eigenvalue weighted by atomic mass is 15.1. The minimum absolute atomic E-state index is 0.0845. The molecule has 8 rings (SSSR count). The first-order valence-corrected chi connectivity index (χ1v) is 15.0. The Morgan fingerprint density at radius 1 is 0.581 bits per heavy atom. The monoisotopic (exact) mass is 551 g/mol. The minimum Gasteiger partial charge on any atom is -0.355 e. The Morgan fingerprint density at radius 3 is 2.09 bits per heavy atom. The van der Waals surface area contributed by atoms with Gasteiger partial charge in [0.05, 0.1) is 0 Å². The molecule has 0 saturated carbocycles. The highest BCUT2D eigenvalue weighted by Gasteiger charge is 2.37. The number of anilines is 5. The van der Waals surface area contributed by atoms with E-state index in [0.717, 1.165) is 17.1 Å². The van der Waals surface area contributed by atoms with Gasteiger partial charge < -0.3 is 10.2 Å². The lowest BCUT2D eigenvalue weighted by Crippen LogP contribution is -2.41. The van der Waals surface area contributed by atoms with Gasteiger partial charge in [-0.05, 0) is 94.3 Å². The second-order valence-electron chi connectivity index (χ2n) is 12.2. The van der Waals surface area contributed by atoms with Crippen LogP contribution in [0.3, 0.4) is 0 Å². The predicted octanol–water partition coefficient (Wildman–Crippen LogP) is 9.15. The lowest BCUT2D eigenvalue weighted by Gasteiger charge is -2.35. The summed E-state index contributed by atoms with van der Waals surface area (Å²) in [5.41, 5.74) is 17.2. The highest BCUT2D eigenvalue weighted by Crippen LogP contribution is 2.52. The van der Waals surface area contributed by atoms with E-state index in [0.29, 0.717) is 0 Å². The number of fused-ring (bicyclic) bond motifs is 5. The zero-order valence-corrected chi connectivity index (χ0v) is 24.7. The van der Waals surface area contributed by atoms with E-state index in [4.69, 9.17) is 0 Å². The molecular weight excluding hydrogens is 519 g/mol. The fraction of sp³-hybridized carbons (Fsp3) is 0.100. The molecule has 0 unspecified atom stereocenters. The maximum Gasteiger partial charge on any atom is 0.197 e. The molecule has 0 spiro atoms. The summed E-state index contributed by atoms with van der Waals surface area (Å²) < 4.78 is 0. The largest absolute Gasteiger partial charge is 0.355 e. The van der Waals surface area contributed by atoms with Crippen LogP contribution in [-0.4, -0.2) is 7.28 Å². The van der Waals surface area contributed by atoms with Gasteiger partial charge in [0.2, 0.25) is 0 Å². The predicted molar refractivity (Wildman–Crippen MR) is 184 cm³/mol. The SMILES string of the molecule is Cc1cc(-c2cc3c(cc2Nc2ccccc2)C(C)(C)c2ccccc2-3)c2c(c1)N(c1ccccc1)c1ccccc1[B]2. The summed E-state index contributed by atoms with van der Waals surface area (Å²) in [7, 11) is 2.37. The Morgan fingerprint density at radius 2 is 1.28 bits per heavy atom. The van der Waals surface area contributed by atoms with Crippen molar-refractivity contribution in [2.75, 3.05) is 10.2 Å². The van der Waals surface area contributed by atoms with Crippen molar-refractivity contribution in [3.05, 3.63) is 150 Å². The Labute approximate surface area is 254 Å². The first-order chi connectivity index (χ1) is 21.0. The fourth-order valence-corrected chi connectivity index (χ4v) is 7.04. The molecule has 1 radical (unpaired) electrons. The third-order valence-electron chi connectivity index (χ3n) is 9.10. The summed E-state index contributed by atoms with van der Waals surface area (Å²) in [6.07, 6.45) is 0. The molecule has 0 bridgehead atoms. The van der Waals surface area contributed by atoms with Crippen molar-refractivity contribution in [1.29, 1.82) is 0 Å². The molecule has 6 aromatic rings. The summed E-state index contributed by atoms with van der Waals surface area (Å²) in [4.78, 5) is 2.41. The highest BCUT2D eigenvalue weighted by molar-refractivity contribution is 6.73. The molecule has 1 N–H and O–H groups in total. The van der Waals surface area contributed by atoms with Crippen LogP contribution in [0, 0.1) is 6.92 Å². The maximum atomic E-state index is 3.83. The number of hydrogen-bond acceptors (Lipinski definition) is 2. The molecule has 0 aromatic heterocycles. The number of para-hydroxylation sites is 3. The first-order valence-electron chi connectivity index (χ1n) is 15.0. The van der Waals surface area contributed by atoms with Crippen LogP contribution >= 0.6 is 0 Å². The molecule has 0 amide bonds. The molecule has 3 heteroatoms. The smallest absolute Gasteiger partial charge is 0.197 e. The number of benzene rings is 6. The first kappa shape index (κ1) is 25.7. The molecule has 2 nitrogen and oxygen atoms in total. The van der Waals surface area contributed by atoms with Gasteiger partial charge >= 0.3 is 0 Å². The topological polar surface area (TPSA) is 15.3 Å². The fourth-order valence-electron chi connectivity index (χ4n) is 7.04. The van der Waals surface area contributed by atoms with E-state index in [1.54, 1.807) is 0 Å². The van der Waals surface area contributed by atoms with Crippen LogP contribution in [0.25, 0.3) is 22.3 Å². The number of hydrogen-bond donors (Lipinski definition) is 1. The quantitative estimate of drug-likeness (QED) is 0.220. The minimum atomic E-state index is -0.0845. The Kier molecular flexibility index (Phi) is 5.84. The van der Waals surface area contributed by atoms with Crippen molar-refractivity contribution in [2.24, 2.45) is 0 Å². The average Bonchev–Trinajstić information content (AvgIpc) is 3.26. The van der Waals surface area contributed by atoms with Crippen LogP contribution in [-0.2, 0) is 5.41 Å². The lowest BCUT2D eigenvalue weighted by molar-refractivity contribution is 0.660. The Balaban J connectivity index is 1.40. The van der Waals surface area contributed by atoms with Gasteiger partial charge in [-0.1, -0.05) is 104 Å². The molecule has 205 valence electrons. The standard InChI is InChI=1S/C40H32BN2/c1-26-22-32(39-38(23-26)43(28-16-8-5-9-17-28)37-21-13-12-20-35(37)41-39)31-24-30-29-18-10-11-19-33(29)40(2,3)34(30)25-36(31)42-27-14-6-4-7-15-27/h4-25,42H,1-3H3. The third-order valence-corrected chi connectivity index (χ3v) is 9.10. The van der Waals surface area contributed by atoms with E-state index in [-0.39, 0.29) is 5.41 Å². The van der Waals surface area contributed by atoms with Crippen LogP contribution in [0.4, 0.5) is 28.4 Å². The van der Waals surface area contributed by atoms with E-state index in [2.05, 4.69) is 172 Å². The van der Waals surface area contributed by atoms with Crippen LogP contribution in [0.1, 0.15) is 30.5 Å². The van der Waals surface area contributed by atoms with Crippen molar-refractivity contribution in [2.45, 2.75) is 26.2 Å². The lowest BCUT2D eigenvalue weighted by atomic mass is 9.58. The number of nitrogens with one attached hydrogen (secondary N) is 1. The van der Waals surface area contributed by atoms with Crippen molar-refractivity contribution in [3.63, 3.8) is 0 Å². The van der Waals surface area contributed by atoms with Crippen molar-refractivity contribution < 1.29 is 0 Å². The third kappa shape index (κ3) is 4.11. The van der Waals surface area contributed by atoms with E-state index < -0.39 is 0 Å². The van der Waals surface area contributed by atoms with Crippen LogP contribution in [0.5, 0.6) is 0 Å². The van der Waals surface area contributed by atoms with Crippen LogP contribution in [0.15, 0.2) is 133 Å². The number of aryl methyl sites for hydroxylation is 1. The van der Waals surface area contributed by atoms with E-state index in [1.165, 1.54) is 61.2 Å². The van der Waals surface area contributed by atoms with Crippen molar-refractivity contribution in [3.8, 4) is 22.3 Å². The van der Waals surface area contributed by atoms with E-state index in [9.17, 15) is 0 Å². The summed E-state index contributed by atoms with van der Waals surface area (Å²) >= 11 is 0. The second kappa shape index (κ2) is 9.78. The summed E-state index contributed by atoms with van der Waals surface area (Å²) in [6.45, 7) is 6.91. The second-order valence-corrected chi connectivity index (χ2v) is 12.2. The van der Waals surface area contributed by atoms with E-state index >= 15 is 0 Å². The van der Waals surface area contributed by atoms with Crippen molar-refractivity contribution in [1.82, 2.24) is 0 Å². The molecule has 0 fully saturated rings. The molecular formula is C40H32BN2. The van der Waals surface area contributed by atoms with Gasteiger partial charge in [-0.2, -0.15) is 0 Å². The number of rotatable bonds is 4. The maximum absolute atomic E-state index is 3.83. The molecule has 0 atom stereocenters. The van der Waals surface area contributed by atoms with Gasteiger partial charge in [0, 0.05) is 39.4 Å². The normalized spacial score (nSPS) is 13.8. The Hall–Kier alpha value is -5.02. The summed E-state index contributed by atoms with van der Waals surface area (Å²) in [6, 6.07) is 48.4. The van der Waals surface area contributed by atoms with Gasteiger partial charge in [0.1, 0.15) is 0 Å². The van der Waals surface area contributed by atoms with Crippen LogP contribution in [0.2, 0.25) is 0 Å². The molecule has 6 aromatic carbocycles. The number of nitrogens with zero attached hydrogens (tertiary/aromatic N) is 1. The zero-order valence-electron chi connectivity index (χ0n) is 24.7. The molecule has 0 saturated heterocycles.